The van der Waals surface area contributed by atoms with E-state index in [9.17, 15) is 4.79 Å². The molecule has 0 bridgehead atoms. The number of carboxylic acid groups (broad SMARTS) is 1. The van der Waals surface area contributed by atoms with Crippen molar-refractivity contribution >= 4 is 5.97 Å². The Labute approximate surface area is 129 Å². The van der Waals surface area contributed by atoms with Crippen LogP contribution < -0.4 is 9.47 Å². The Bertz CT molecular complexity index is 729. The van der Waals surface area contributed by atoms with E-state index in [-0.39, 0.29) is 11.2 Å². The van der Waals surface area contributed by atoms with Crippen molar-refractivity contribution in [2.24, 2.45) is 0 Å². The van der Waals surface area contributed by atoms with Gasteiger partial charge in [-0.25, -0.2) is 4.79 Å². The lowest BCUT2D eigenvalue weighted by atomic mass is 9.93. The summed E-state index contributed by atoms with van der Waals surface area (Å²) in [4.78, 5) is 11.0. The standard InChI is InChI=1S/C18H18O4/c1-18(2)10-14-13(8-9-15(21-3)16(14)22-18)11-4-6-12(7-5-11)17(19)20/h4-9H,10H2,1-3H3,(H,19,20). The lowest BCUT2D eigenvalue weighted by molar-refractivity contribution is 0.0697. The van der Waals surface area contributed by atoms with Crippen LogP contribution in [0.5, 0.6) is 11.5 Å². The first kappa shape index (κ1) is 14.4. The van der Waals surface area contributed by atoms with Crippen LogP contribution in [0, 0.1) is 0 Å². The Hall–Kier alpha value is -2.49. The zero-order chi connectivity index (χ0) is 15.9. The fourth-order valence-electron chi connectivity index (χ4n) is 2.86. The van der Waals surface area contributed by atoms with Gasteiger partial charge in [-0.15, -0.1) is 0 Å². The molecule has 114 valence electrons. The first-order valence-corrected chi connectivity index (χ1v) is 7.14. The predicted octanol–water partition coefficient (Wildman–Crippen LogP) is 3.77. The largest absolute Gasteiger partial charge is 0.493 e. The molecule has 0 radical (unpaired) electrons. The van der Waals surface area contributed by atoms with Gasteiger partial charge in [0.2, 0.25) is 0 Å². The van der Waals surface area contributed by atoms with Gasteiger partial charge in [-0.3, -0.25) is 0 Å². The number of carbonyl (C=O) groups is 1. The molecule has 0 atom stereocenters. The number of benzene rings is 2. The highest BCUT2D eigenvalue weighted by Crippen LogP contribution is 2.46. The Morgan fingerprint density at radius 2 is 1.86 bits per heavy atom. The van der Waals surface area contributed by atoms with Crippen molar-refractivity contribution in [1.82, 2.24) is 0 Å². The zero-order valence-corrected chi connectivity index (χ0v) is 12.8. The average Bonchev–Trinajstić information content (AvgIpc) is 2.81. The van der Waals surface area contributed by atoms with Gasteiger partial charge in [-0.1, -0.05) is 18.2 Å². The third kappa shape index (κ3) is 2.41. The number of hydrogen-bond acceptors (Lipinski definition) is 3. The van der Waals surface area contributed by atoms with E-state index in [2.05, 4.69) is 0 Å². The lowest BCUT2D eigenvalue weighted by Gasteiger charge is -2.17. The molecular formula is C18H18O4. The van der Waals surface area contributed by atoms with Crippen LogP contribution in [0.3, 0.4) is 0 Å². The number of hydrogen-bond donors (Lipinski definition) is 1. The van der Waals surface area contributed by atoms with Crippen LogP contribution in [0.1, 0.15) is 29.8 Å². The van der Waals surface area contributed by atoms with Gasteiger partial charge in [0.15, 0.2) is 11.5 Å². The summed E-state index contributed by atoms with van der Waals surface area (Å²) >= 11 is 0. The molecule has 1 aliphatic heterocycles. The predicted molar refractivity (Wildman–Crippen MR) is 83.8 cm³/mol. The zero-order valence-electron chi connectivity index (χ0n) is 12.8. The number of rotatable bonds is 3. The molecule has 0 amide bonds. The second-order valence-electron chi connectivity index (χ2n) is 6.04. The molecule has 1 heterocycles. The Morgan fingerprint density at radius 3 is 2.45 bits per heavy atom. The lowest BCUT2D eigenvalue weighted by Crippen LogP contribution is -2.24. The van der Waals surface area contributed by atoms with Crippen LogP contribution in [0.2, 0.25) is 0 Å². The normalized spacial score (nSPS) is 15.0. The molecule has 4 heteroatoms. The quantitative estimate of drug-likeness (QED) is 0.937. The smallest absolute Gasteiger partial charge is 0.335 e. The maximum absolute atomic E-state index is 11.0. The number of ether oxygens (including phenoxy) is 2. The first-order chi connectivity index (χ1) is 10.4. The van der Waals surface area contributed by atoms with E-state index in [1.54, 1.807) is 19.2 Å². The van der Waals surface area contributed by atoms with E-state index < -0.39 is 5.97 Å². The highest BCUT2D eigenvalue weighted by Gasteiger charge is 2.34. The number of methoxy groups -OCH3 is 1. The van der Waals surface area contributed by atoms with E-state index in [1.165, 1.54) is 0 Å². The molecule has 0 fully saturated rings. The van der Waals surface area contributed by atoms with Crippen LogP contribution in [0.15, 0.2) is 36.4 Å². The highest BCUT2D eigenvalue weighted by atomic mass is 16.5. The average molecular weight is 298 g/mol. The summed E-state index contributed by atoms with van der Waals surface area (Å²) in [5.41, 5.74) is 3.15. The minimum Gasteiger partial charge on any atom is -0.493 e. The van der Waals surface area contributed by atoms with Crippen LogP contribution >= 0.6 is 0 Å². The molecule has 2 aromatic rings. The molecule has 0 aliphatic carbocycles. The molecule has 0 saturated carbocycles. The van der Waals surface area contributed by atoms with Crippen molar-refractivity contribution < 1.29 is 19.4 Å². The molecule has 3 rings (SSSR count). The van der Waals surface area contributed by atoms with Crippen molar-refractivity contribution in [3.8, 4) is 22.6 Å². The number of carboxylic acids is 1. The topological polar surface area (TPSA) is 55.8 Å². The molecule has 1 aliphatic rings. The first-order valence-electron chi connectivity index (χ1n) is 7.14. The highest BCUT2D eigenvalue weighted by molar-refractivity contribution is 5.88. The van der Waals surface area contributed by atoms with Crippen molar-refractivity contribution in [2.45, 2.75) is 25.9 Å². The van der Waals surface area contributed by atoms with Crippen molar-refractivity contribution in [1.29, 1.82) is 0 Å². The summed E-state index contributed by atoms with van der Waals surface area (Å²) in [5, 5.41) is 9.00. The minimum absolute atomic E-state index is 0.271. The van der Waals surface area contributed by atoms with Gasteiger partial charge in [0.1, 0.15) is 5.60 Å². The summed E-state index contributed by atoms with van der Waals surface area (Å²) in [5.74, 6) is 0.592. The Balaban J connectivity index is 2.09. The second kappa shape index (κ2) is 5.05. The Morgan fingerprint density at radius 1 is 1.18 bits per heavy atom. The van der Waals surface area contributed by atoms with Gasteiger partial charge in [0.25, 0.3) is 0 Å². The van der Waals surface area contributed by atoms with Gasteiger partial charge in [0, 0.05) is 12.0 Å². The van der Waals surface area contributed by atoms with E-state index in [0.717, 1.165) is 34.6 Å². The summed E-state index contributed by atoms with van der Waals surface area (Å²) in [7, 11) is 1.63. The number of aromatic carboxylic acids is 1. The second-order valence-corrected chi connectivity index (χ2v) is 6.04. The molecule has 2 aromatic carbocycles. The van der Waals surface area contributed by atoms with Crippen molar-refractivity contribution in [2.75, 3.05) is 7.11 Å². The van der Waals surface area contributed by atoms with Gasteiger partial charge in [0.05, 0.1) is 12.7 Å². The molecule has 1 N–H and O–H groups in total. The molecular weight excluding hydrogens is 280 g/mol. The van der Waals surface area contributed by atoms with Gasteiger partial charge < -0.3 is 14.6 Å². The van der Waals surface area contributed by atoms with Gasteiger partial charge in [-0.05, 0) is 43.2 Å². The minimum atomic E-state index is -0.920. The van der Waals surface area contributed by atoms with Gasteiger partial charge in [-0.2, -0.15) is 0 Å². The molecule has 4 nitrogen and oxygen atoms in total. The fraction of sp³-hybridized carbons (Fsp3) is 0.278. The fourth-order valence-corrected chi connectivity index (χ4v) is 2.86. The maximum atomic E-state index is 11.0. The van der Waals surface area contributed by atoms with Crippen molar-refractivity contribution in [3.05, 3.63) is 47.5 Å². The monoisotopic (exact) mass is 298 g/mol. The van der Waals surface area contributed by atoms with Crippen LogP contribution in [-0.4, -0.2) is 23.8 Å². The van der Waals surface area contributed by atoms with Gasteiger partial charge >= 0.3 is 5.97 Å². The van der Waals surface area contributed by atoms with Crippen LogP contribution in [0.4, 0.5) is 0 Å². The maximum Gasteiger partial charge on any atom is 0.335 e. The van der Waals surface area contributed by atoms with E-state index in [4.69, 9.17) is 14.6 Å². The van der Waals surface area contributed by atoms with Crippen molar-refractivity contribution in [3.63, 3.8) is 0 Å². The molecule has 0 aromatic heterocycles. The molecule has 0 unspecified atom stereocenters. The SMILES string of the molecule is COc1ccc(-c2ccc(C(=O)O)cc2)c2c1OC(C)(C)C2. The summed E-state index contributed by atoms with van der Waals surface area (Å²) < 4.78 is 11.4. The number of fused-ring (bicyclic) bond motifs is 1. The summed E-state index contributed by atoms with van der Waals surface area (Å²) in [6.45, 7) is 4.09. The van der Waals surface area contributed by atoms with E-state index in [0.29, 0.717) is 0 Å². The van der Waals surface area contributed by atoms with Crippen LogP contribution in [0.25, 0.3) is 11.1 Å². The third-order valence-electron chi connectivity index (χ3n) is 3.87. The van der Waals surface area contributed by atoms with Crippen LogP contribution in [-0.2, 0) is 6.42 Å². The molecule has 0 saturated heterocycles. The molecule has 22 heavy (non-hydrogen) atoms. The summed E-state index contributed by atoms with van der Waals surface area (Å²) in [6.07, 6.45) is 0.787. The Kier molecular flexibility index (Phi) is 3.32. The molecule has 0 spiro atoms. The van der Waals surface area contributed by atoms with E-state index in [1.807, 2.05) is 38.1 Å². The van der Waals surface area contributed by atoms with E-state index >= 15 is 0 Å². The summed E-state index contributed by atoms with van der Waals surface area (Å²) in [6, 6.07) is 10.8. The third-order valence-corrected chi connectivity index (χ3v) is 3.87.